The summed E-state index contributed by atoms with van der Waals surface area (Å²) in [4.78, 5) is 16.8. The lowest BCUT2D eigenvalue weighted by Crippen LogP contribution is -2.25. The zero-order chi connectivity index (χ0) is 51.5. The molecule has 8 aromatic rings. The molecule has 0 unspecified atom stereocenters. The molecule has 2 aliphatic rings. The SMILES string of the molecule is CC1(C)OC[C@@H](COc2nc(Oc3ccc(F)cc3F)nc3n[nH]c(-c4ccccc4Cl)c23)O1.CC1(C)OC[C@@H](COc2nc(S(C)(=O)=O)nc3n[nH]c(-c4ccccc4Cl)c23)O1.Oc1ccc(F)cc1F. The highest BCUT2D eigenvalue weighted by atomic mass is 35.5. The molecule has 2 atom stereocenters. The Morgan fingerprint density at radius 3 is 1.62 bits per heavy atom. The highest BCUT2D eigenvalue weighted by molar-refractivity contribution is 7.90. The van der Waals surface area contributed by atoms with Crippen LogP contribution in [0.4, 0.5) is 17.6 Å². The number of halogens is 6. The van der Waals surface area contributed by atoms with E-state index in [9.17, 15) is 26.0 Å². The van der Waals surface area contributed by atoms with E-state index in [-0.39, 0.29) is 65.4 Å². The van der Waals surface area contributed by atoms with Gasteiger partial charge in [-0.15, -0.1) is 0 Å². The molecule has 10 rings (SSSR count). The second-order valence-corrected chi connectivity index (χ2v) is 19.5. The Morgan fingerprint density at radius 2 is 1.17 bits per heavy atom. The van der Waals surface area contributed by atoms with Crippen molar-refractivity contribution >= 4 is 55.1 Å². The third-order valence-corrected chi connectivity index (χ3v) is 11.8. The number of ether oxygens (including phenoxy) is 7. The molecule has 2 aliphatic heterocycles. The van der Waals surface area contributed by atoms with Gasteiger partial charge in [0.2, 0.25) is 21.6 Å². The van der Waals surface area contributed by atoms with Crippen LogP contribution in [0.5, 0.6) is 29.3 Å². The van der Waals surface area contributed by atoms with E-state index in [1.165, 1.54) is 0 Å². The number of H-pyrrole nitrogens is 2. The summed E-state index contributed by atoms with van der Waals surface area (Å²) in [6.45, 7) is 8.16. The van der Waals surface area contributed by atoms with E-state index in [1.54, 1.807) is 30.3 Å². The van der Waals surface area contributed by atoms with Crippen molar-refractivity contribution < 1.29 is 64.2 Å². The van der Waals surface area contributed by atoms with Gasteiger partial charge < -0.3 is 38.3 Å². The molecule has 4 aromatic heterocycles. The fraction of sp³-hybridized carbons (Fsp3) is 0.277. The number of sulfone groups is 1. The number of phenols is 1. The average molecular weight is 1060 g/mol. The second-order valence-electron chi connectivity index (χ2n) is 16.7. The highest BCUT2D eigenvalue weighted by Gasteiger charge is 2.35. The van der Waals surface area contributed by atoms with Gasteiger partial charge in [0, 0.05) is 39.6 Å². The Morgan fingerprint density at radius 1 is 0.681 bits per heavy atom. The van der Waals surface area contributed by atoms with E-state index < -0.39 is 50.4 Å². The van der Waals surface area contributed by atoms with Gasteiger partial charge >= 0.3 is 6.01 Å². The van der Waals surface area contributed by atoms with Gasteiger partial charge in [-0.25, -0.2) is 26.0 Å². The maximum Gasteiger partial charge on any atom is 0.327 e. The Hall–Kier alpha value is -6.73. The third kappa shape index (κ3) is 12.3. The lowest BCUT2D eigenvalue weighted by atomic mass is 10.1. The van der Waals surface area contributed by atoms with Gasteiger partial charge in [0.05, 0.1) is 24.6 Å². The summed E-state index contributed by atoms with van der Waals surface area (Å²) in [5.74, 6) is -5.26. The lowest BCUT2D eigenvalue weighted by molar-refractivity contribution is -0.142. The molecule has 72 heavy (non-hydrogen) atoms. The van der Waals surface area contributed by atoms with Crippen molar-refractivity contribution in [3.63, 3.8) is 0 Å². The van der Waals surface area contributed by atoms with Gasteiger partial charge in [0.25, 0.3) is 5.16 Å². The molecule has 6 heterocycles. The van der Waals surface area contributed by atoms with Crippen molar-refractivity contribution in [1.82, 2.24) is 40.3 Å². The number of benzene rings is 4. The largest absolute Gasteiger partial charge is 0.505 e. The number of fused-ring (bicyclic) bond motifs is 2. The molecule has 2 saturated heterocycles. The van der Waals surface area contributed by atoms with Crippen LogP contribution in [0.3, 0.4) is 0 Å². The topological polar surface area (TPSA) is 228 Å². The minimum Gasteiger partial charge on any atom is -0.505 e. The van der Waals surface area contributed by atoms with Crippen molar-refractivity contribution in [3.05, 3.63) is 118 Å². The summed E-state index contributed by atoms with van der Waals surface area (Å²) in [6, 6.07) is 19.6. The highest BCUT2D eigenvalue weighted by Crippen LogP contribution is 2.39. The van der Waals surface area contributed by atoms with E-state index in [0.717, 1.165) is 30.5 Å². The molecule has 0 aliphatic carbocycles. The van der Waals surface area contributed by atoms with Crippen LogP contribution in [0.15, 0.2) is 90.1 Å². The molecule has 0 saturated carbocycles. The van der Waals surface area contributed by atoms with Crippen LogP contribution >= 0.6 is 23.2 Å². The zero-order valence-corrected chi connectivity index (χ0v) is 40.9. The van der Waals surface area contributed by atoms with Crippen LogP contribution in [0.2, 0.25) is 10.0 Å². The molecule has 378 valence electrons. The van der Waals surface area contributed by atoms with Crippen LogP contribution in [-0.4, -0.2) is 110 Å². The molecule has 2 fully saturated rings. The Balaban J connectivity index is 0.000000166. The first-order chi connectivity index (χ1) is 34.1. The first-order valence-corrected chi connectivity index (χ1v) is 24.2. The summed E-state index contributed by atoms with van der Waals surface area (Å²) in [7, 11) is -3.67. The van der Waals surface area contributed by atoms with Gasteiger partial charge in [-0.1, -0.05) is 59.6 Å². The molecule has 4 aromatic carbocycles. The number of rotatable bonds is 11. The standard InChI is InChI=1S/C23H19ClF2N4O4.C18H19ClN4O5S.C6H4F2O/c1-23(2)32-11-13(34-23)10-31-21-18-19(14-5-3-4-6-15(14)24)29-30-20(18)27-22(28-21)33-17-8-7-12(25)9-16(17)26;1-18(2)27-9-10(28-18)8-26-16-13-14(11-6-4-5-7-12(11)19)22-23-15(13)20-17(21-16)29(3,24)25;7-4-1-2-6(9)5(8)3-4/h3-9,13H,10-11H2,1-2H3,(H,27,28,29,30);4-7,10H,8-9H2,1-3H3,(H,20,21,22,23);1-3,9H/t13-;10-;/m11./s1. The van der Waals surface area contributed by atoms with Crippen molar-refractivity contribution in [3.8, 4) is 51.8 Å². The minimum atomic E-state index is -3.67. The quantitative estimate of drug-likeness (QED) is 0.0809. The number of hydrogen-bond acceptors (Lipinski definition) is 16. The number of hydrogen-bond donors (Lipinski definition) is 3. The molecular weight excluding hydrogens is 1020 g/mol. The van der Waals surface area contributed by atoms with Crippen LogP contribution in [0, 0.1) is 23.3 Å². The van der Waals surface area contributed by atoms with Gasteiger partial charge in [-0.3, -0.25) is 10.2 Å². The maximum absolute atomic E-state index is 14.1. The summed E-state index contributed by atoms with van der Waals surface area (Å²) in [5, 5.41) is 24.1. The molecule has 0 bridgehead atoms. The molecule has 0 radical (unpaired) electrons. The van der Waals surface area contributed by atoms with Gasteiger partial charge in [-0.05, 0) is 64.1 Å². The van der Waals surface area contributed by atoms with Crippen molar-refractivity contribution in [1.29, 1.82) is 0 Å². The number of aromatic hydroxyl groups is 1. The summed E-state index contributed by atoms with van der Waals surface area (Å²) in [5.41, 5.74) is 2.78. The number of nitrogens with one attached hydrogen (secondary N) is 2. The first kappa shape index (κ1) is 51.6. The molecule has 25 heteroatoms. The maximum atomic E-state index is 14.1. The van der Waals surface area contributed by atoms with E-state index in [2.05, 4.69) is 40.3 Å². The van der Waals surface area contributed by atoms with E-state index in [1.807, 2.05) is 45.9 Å². The number of phenolic OH excluding ortho intramolecular Hbond substituents is 1. The van der Waals surface area contributed by atoms with Crippen LogP contribution in [0.1, 0.15) is 27.7 Å². The number of aromatic amines is 2. The predicted molar refractivity (Wildman–Crippen MR) is 253 cm³/mol. The van der Waals surface area contributed by atoms with Crippen LogP contribution in [0.25, 0.3) is 44.6 Å². The molecule has 0 amide bonds. The van der Waals surface area contributed by atoms with E-state index in [0.29, 0.717) is 68.7 Å². The zero-order valence-electron chi connectivity index (χ0n) is 38.5. The first-order valence-electron chi connectivity index (χ1n) is 21.5. The fourth-order valence-electron chi connectivity index (χ4n) is 7.06. The van der Waals surface area contributed by atoms with E-state index >= 15 is 0 Å². The van der Waals surface area contributed by atoms with Gasteiger partial charge in [-0.2, -0.15) is 30.1 Å². The van der Waals surface area contributed by atoms with Crippen LogP contribution in [-0.2, 0) is 28.8 Å². The van der Waals surface area contributed by atoms with Crippen LogP contribution < -0.4 is 14.2 Å². The Bertz CT molecular complexity index is 3390. The summed E-state index contributed by atoms with van der Waals surface area (Å²) < 4.78 is 116. The number of aromatic nitrogens is 8. The fourth-order valence-corrected chi connectivity index (χ4v) is 8.02. The van der Waals surface area contributed by atoms with Gasteiger partial charge in [0.15, 0.2) is 46.0 Å². The predicted octanol–water partition coefficient (Wildman–Crippen LogP) is 9.55. The molecule has 3 N–H and O–H groups in total. The van der Waals surface area contributed by atoms with Crippen molar-refractivity contribution in [2.75, 3.05) is 32.7 Å². The smallest absolute Gasteiger partial charge is 0.327 e. The van der Waals surface area contributed by atoms with E-state index in [4.69, 9.17) is 61.5 Å². The average Bonchev–Trinajstić information content (AvgIpc) is 4.12. The Kier molecular flexibility index (Phi) is 15.2. The lowest BCUT2D eigenvalue weighted by Gasteiger charge is -2.17. The monoisotopic (exact) mass is 1060 g/mol. The number of nitrogens with zero attached hydrogens (tertiary/aromatic N) is 6. The Labute approximate surface area is 417 Å². The summed E-state index contributed by atoms with van der Waals surface area (Å²) in [6.07, 6.45) is 0.359. The summed E-state index contributed by atoms with van der Waals surface area (Å²) >= 11 is 12.7. The normalized spacial score (nSPS) is 17.0. The van der Waals surface area contributed by atoms with Gasteiger partial charge in [0.1, 0.15) is 47.8 Å². The third-order valence-electron chi connectivity index (χ3n) is 10.3. The molecule has 0 spiro atoms. The van der Waals surface area contributed by atoms with Crippen molar-refractivity contribution in [2.45, 2.75) is 56.6 Å². The molecule has 18 nitrogen and oxygen atoms in total. The minimum absolute atomic E-state index is 0.0763. The van der Waals surface area contributed by atoms with Crippen molar-refractivity contribution in [2.24, 2.45) is 0 Å². The molecular formula is C47H42Cl2F4N8O10S. The second kappa shape index (κ2) is 21.2.